The van der Waals surface area contributed by atoms with Crippen LogP contribution in [0.15, 0.2) is 125 Å². The minimum Gasteiger partial charge on any atom is -0.497 e. The van der Waals surface area contributed by atoms with Crippen LogP contribution in [0.25, 0.3) is 0 Å². The van der Waals surface area contributed by atoms with Crippen LogP contribution in [0.1, 0.15) is 66.5 Å². The maximum absolute atomic E-state index is 13.8. The summed E-state index contributed by atoms with van der Waals surface area (Å²) < 4.78 is 26.0. The van der Waals surface area contributed by atoms with E-state index in [4.69, 9.17) is 18.9 Å². The Kier molecular flexibility index (Phi) is 10.4. The van der Waals surface area contributed by atoms with Crippen molar-refractivity contribution in [2.24, 2.45) is 5.92 Å². The monoisotopic (exact) mass is 704 g/mol. The van der Waals surface area contributed by atoms with Crippen molar-refractivity contribution in [2.75, 3.05) is 20.8 Å². The van der Waals surface area contributed by atoms with Crippen molar-refractivity contribution >= 4 is 5.91 Å². The van der Waals surface area contributed by atoms with Crippen molar-refractivity contribution < 1.29 is 28.8 Å². The van der Waals surface area contributed by atoms with E-state index in [9.17, 15) is 19.5 Å². The third kappa shape index (κ3) is 6.85. The molecule has 0 radical (unpaired) electrons. The second-order valence-corrected chi connectivity index (χ2v) is 14.0. The number of benzene rings is 4. The first-order valence-electron chi connectivity index (χ1n) is 17.2. The molecule has 0 spiro atoms. The molecule has 10 heteroatoms. The largest absolute Gasteiger partial charge is 0.497 e. The van der Waals surface area contributed by atoms with E-state index < -0.39 is 47.1 Å². The molecule has 4 aromatic carbocycles. The first-order valence-corrected chi connectivity index (χ1v) is 17.2. The van der Waals surface area contributed by atoms with Gasteiger partial charge in [-0.15, -0.1) is 0 Å². The van der Waals surface area contributed by atoms with Crippen LogP contribution >= 0.6 is 0 Å². The molecule has 0 aliphatic carbocycles. The van der Waals surface area contributed by atoms with Crippen LogP contribution in [0.5, 0.6) is 11.5 Å². The van der Waals surface area contributed by atoms with Gasteiger partial charge >= 0.3 is 5.69 Å². The second kappa shape index (κ2) is 14.7. The zero-order valence-corrected chi connectivity index (χ0v) is 30.2. The number of aliphatic hydroxyl groups excluding tert-OH is 1. The van der Waals surface area contributed by atoms with Crippen LogP contribution < -0.4 is 20.7 Å². The fourth-order valence-corrected chi connectivity index (χ4v) is 6.74. The van der Waals surface area contributed by atoms with Crippen molar-refractivity contribution in [2.45, 2.75) is 57.1 Å². The molecule has 1 N–H and O–H groups in total. The minimum atomic E-state index is -1.16. The maximum Gasteiger partial charge on any atom is 0.340 e. The summed E-state index contributed by atoms with van der Waals surface area (Å²) in [6, 6.07) is 32.9. The summed E-state index contributed by atoms with van der Waals surface area (Å²) in [6.45, 7) is 7.84. The lowest BCUT2D eigenvalue weighted by Gasteiger charge is -2.37. The van der Waals surface area contributed by atoms with E-state index in [0.717, 1.165) is 28.3 Å². The number of hydrogen-bond donors (Lipinski definition) is 1. The van der Waals surface area contributed by atoms with Crippen molar-refractivity contribution in [3.63, 3.8) is 0 Å². The molecule has 4 atom stereocenters. The molecule has 0 saturated carbocycles. The number of ether oxygens (including phenoxy) is 4. The molecule has 270 valence electrons. The van der Waals surface area contributed by atoms with Crippen molar-refractivity contribution in [3.05, 3.63) is 164 Å². The Bertz CT molecular complexity index is 2070. The van der Waals surface area contributed by atoms with E-state index in [1.165, 1.54) is 10.8 Å². The van der Waals surface area contributed by atoms with E-state index in [-0.39, 0.29) is 17.6 Å². The quantitative estimate of drug-likeness (QED) is 0.178. The highest BCUT2D eigenvalue weighted by atomic mass is 16.6. The topological polar surface area (TPSA) is 118 Å². The van der Waals surface area contributed by atoms with Gasteiger partial charge in [0.15, 0.2) is 0 Å². The summed E-state index contributed by atoms with van der Waals surface area (Å²) in [7, 11) is 3.21. The van der Waals surface area contributed by atoms with Gasteiger partial charge in [-0.25, -0.2) is 4.79 Å². The van der Waals surface area contributed by atoms with E-state index in [0.29, 0.717) is 16.1 Å². The Balaban J connectivity index is 1.34. The van der Waals surface area contributed by atoms with Gasteiger partial charge in [-0.05, 0) is 64.1 Å². The molecule has 2 heterocycles. The summed E-state index contributed by atoms with van der Waals surface area (Å²) in [4.78, 5) is 40.4. The number of carbonyl (C=O) groups excluding carboxylic acids is 1. The fourth-order valence-electron chi connectivity index (χ4n) is 6.74. The molecule has 1 aromatic heterocycles. The van der Waals surface area contributed by atoms with Gasteiger partial charge in [-0.3, -0.25) is 14.2 Å². The Morgan fingerprint density at radius 3 is 1.79 bits per heavy atom. The number of aromatic nitrogens is 2. The number of carbonyl (C=O) groups is 1. The molecule has 0 amide bonds. The second-order valence-electron chi connectivity index (χ2n) is 14.0. The van der Waals surface area contributed by atoms with Gasteiger partial charge in [0.25, 0.3) is 11.5 Å². The van der Waals surface area contributed by atoms with Gasteiger partial charge in [0.2, 0.25) is 0 Å². The fraction of sp³-hybridized carbons (Fsp3) is 0.310. The maximum atomic E-state index is 13.8. The van der Waals surface area contributed by atoms with Crippen LogP contribution in [0.3, 0.4) is 0 Å². The smallest absolute Gasteiger partial charge is 0.340 e. The number of nitrogens with zero attached hydrogens (tertiary/aromatic N) is 2. The van der Waals surface area contributed by atoms with E-state index in [1.54, 1.807) is 33.3 Å². The zero-order chi connectivity index (χ0) is 37.2. The SMILES string of the molecule is COc1ccc(C(OC[C@H]2O[C@@H](n3ccc(=O)n(C(=O)c4ccc(C(C)(C)C)cc4)c3=O)[C@@H](C)[C@@H]2O)(c2ccccc2)c2ccc(OC)cc2)cc1. The number of methoxy groups -OCH3 is 2. The van der Waals surface area contributed by atoms with Gasteiger partial charge in [0, 0.05) is 23.7 Å². The molecule has 0 unspecified atom stereocenters. The Labute approximate surface area is 302 Å². The molecular weight excluding hydrogens is 660 g/mol. The van der Waals surface area contributed by atoms with Gasteiger partial charge in [-0.1, -0.05) is 94.4 Å². The lowest BCUT2D eigenvalue weighted by atomic mass is 9.80. The molecule has 0 bridgehead atoms. The molecule has 1 saturated heterocycles. The molecule has 10 nitrogen and oxygen atoms in total. The predicted octanol–water partition coefficient (Wildman–Crippen LogP) is 5.92. The first-order chi connectivity index (χ1) is 24.9. The Morgan fingerprint density at radius 1 is 0.750 bits per heavy atom. The standard InChI is InChI=1S/C42H44N2O8/c1-27-37(46)35(52-39(27)43-25-24-36(45)44(40(43)48)38(47)28-12-14-29(15-13-28)41(2,3)4)26-51-42(30-10-8-7-9-11-30,31-16-20-33(49-5)21-17-31)32-18-22-34(50-6)23-19-32/h7-25,27,35,37,39,46H,26H2,1-6H3/t27-,35+,37-,39+/m0/s1. The molecule has 1 aliphatic heterocycles. The summed E-state index contributed by atoms with van der Waals surface area (Å²) in [5, 5.41) is 11.5. The van der Waals surface area contributed by atoms with E-state index in [1.807, 2.05) is 91.0 Å². The number of aliphatic hydroxyl groups is 1. The van der Waals surface area contributed by atoms with Gasteiger partial charge < -0.3 is 24.1 Å². The summed E-state index contributed by atoms with van der Waals surface area (Å²) in [6.07, 6.45) is -1.63. The van der Waals surface area contributed by atoms with Crippen molar-refractivity contribution in [3.8, 4) is 11.5 Å². The average molecular weight is 705 g/mol. The van der Waals surface area contributed by atoms with Crippen LogP contribution in [0.4, 0.5) is 0 Å². The molecule has 52 heavy (non-hydrogen) atoms. The Morgan fingerprint density at radius 2 is 1.27 bits per heavy atom. The predicted molar refractivity (Wildman–Crippen MR) is 197 cm³/mol. The zero-order valence-electron chi connectivity index (χ0n) is 30.2. The highest BCUT2D eigenvalue weighted by Gasteiger charge is 2.45. The third-order valence-electron chi connectivity index (χ3n) is 9.81. The molecule has 1 aliphatic rings. The molecule has 6 rings (SSSR count). The highest BCUT2D eigenvalue weighted by molar-refractivity contribution is 5.95. The molecular formula is C42H44N2O8. The lowest BCUT2D eigenvalue weighted by Crippen LogP contribution is -2.45. The minimum absolute atomic E-state index is 0.0809. The van der Waals surface area contributed by atoms with Crippen molar-refractivity contribution in [1.82, 2.24) is 9.13 Å². The lowest BCUT2D eigenvalue weighted by molar-refractivity contribution is -0.0949. The van der Waals surface area contributed by atoms with Crippen LogP contribution in [-0.2, 0) is 20.5 Å². The van der Waals surface area contributed by atoms with Crippen molar-refractivity contribution in [1.29, 1.82) is 0 Å². The third-order valence-corrected chi connectivity index (χ3v) is 9.81. The average Bonchev–Trinajstić information content (AvgIpc) is 3.44. The van der Waals surface area contributed by atoms with Gasteiger partial charge in [0.1, 0.15) is 29.4 Å². The summed E-state index contributed by atoms with van der Waals surface area (Å²) in [5.41, 5.74) is 0.723. The van der Waals surface area contributed by atoms with E-state index >= 15 is 0 Å². The van der Waals surface area contributed by atoms with Gasteiger partial charge in [0.05, 0.1) is 26.9 Å². The number of rotatable bonds is 10. The molecule has 5 aromatic rings. The van der Waals surface area contributed by atoms with Crippen LogP contribution in [0, 0.1) is 5.92 Å². The van der Waals surface area contributed by atoms with Crippen LogP contribution in [-0.4, -0.2) is 53.2 Å². The van der Waals surface area contributed by atoms with E-state index in [2.05, 4.69) is 20.8 Å². The first kappa shape index (κ1) is 36.5. The highest BCUT2D eigenvalue weighted by Crippen LogP contribution is 2.43. The summed E-state index contributed by atoms with van der Waals surface area (Å²) >= 11 is 0. The normalized spacial score (nSPS) is 19.0. The van der Waals surface area contributed by atoms with Crippen LogP contribution in [0.2, 0.25) is 0 Å². The number of hydrogen-bond acceptors (Lipinski definition) is 8. The molecule has 1 fully saturated rings. The Hall–Kier alpha value is -5.29. The van der Waals surface area contributed by atoms with Gasteiger partial charge in [-0.2, -0.15) is 4.57 Å². The summed E-state index contributed by atoms with van der Waals surface area (Å²) in [5.74, 6) is 0.00622.